The minimum atomic E-state index is -4.64. The molecule has 23 heavy (non-hydrogen) atoms. The summed E-state index contributed by atoms with van der Waals surface area (Å²) in [5.74, 6) is -0.164. The lowest BCUT2D eigenvalue weighted by Crippen LogP contribution is -2.19. The van der Waals surface area contributed by atoms with Crippen molar-refractivity contribution in [2.45, 2.75) is 32.9 Å². The van der Waals surface area contributed by atoms with E-state index in [0.29, 0.717) is 12.1 Å². The predicted octanol–water partition coefficient (Wildman–Crippen LogP) is 3.66. The number of halogens is 3. The topological polar surface area (TPSA) is 70.7 Å². The van der Waals surface area contributed by atoms with Crippen LogP contribution in [0.15, 0.2) is 24.5 Å². The Hall–Kier alpha value is -2.38. The van der Waals surface area contributed by atoms with E-state index >= 15 is 0 Å². The van der Waals surface area contributed by atoms with E-state index in [-0.39, 0.29) is 5.82 Å². The first kappa shape index (κ1) is 17.0. The third kappa shape index (κ3) is 4.54. The Morgan fingerprint density at radius 1 is 1.39 bits per heavy atom. The molecule has 0 bridgehead atoms. The summed E-state index contributed by atoms with van der Waals surface area (Å²) >= 11 is 0. The van der Waals surface area contributed by atoms with E-state index in [1.54, 1.807) is 6.07 Å². The molecule has 5 nitrogen and oxygen atoms in total. The molecule has 0 aromatic carbocycles. The summed E-state index contributed by atoms with van der Waals surface area (Å²) in [4.78, 5) is 15.5. The van der Waals surface area contributed by atoms with Crippen LogP contribution in [0.2, 0.25) is 0 Å². The van der Waals surface area contributed by atoms with E-state index in [2.05, 4.69) is 34.3 Å². The van der Waals surface area contributed by atoms with Crippen molar-refractivity contribution in [3.05, 3.63) is 41.3 Å². The molecule has 0 radical (unpaired) electrons. The quantitative estimate of drug-likeness (QED) is 0.881. The minimum Gasteiger partial charge on any atom is -0.305 e. The van der Waals surface area contributed by atoms with E-state index in [9.17, 15) is 18.0 Å². The van der Waals surface area contributed by atoms with Gasteiger partial charge in [0.15, 0.2) is 5.82 Å². The van der Waals surface area contributed by atoms with E-state index in [1.165, 1.54) is 0 Å². The van der Waals surface area contributed by atoms with Gasteiger partial charge in [-0.3, -0.25) is 14.9 Å². The smallest absolute Gasteiger partial charge is 0.305 e. The van der Waals surface area contributed by atoms with Gasteiger partial charge in [0.25, 0.3) is 5.91 Å². The van der Waals surface area contributed by atoms with Crippen molar-refractivity contribution in [1.29, 1.82) is 0 Å². The molecule has 0 atom stereocenters. The fourth-order valence-electron chi connectivity index (χ4n) is 2.00. The third-order valence-electron chi connectivity index (χ3n) is 3.23. The highest BCUT2D eigenvalue weighted by Crippen LogP contribution is 2.31. The fraction of sp³-hybridized carbons (Fsp3) is 0.400. The molecule has 0 aliphatic carbocycles. The summed E-state index contributed by atoms with van der Waals surface area (Å²) in [6, 6.07) is 2.65. The maximum absolute atomic E-state index is 12.9. The van der Waals surface area contributed by atoms with Crippen molar-refractivity contribution in [3.63, 3.8) is 0 Å². The van der Waals surface area contributed by atoms with Gasteiger partial charge in [0.2, 0.25) is 0 Å². The second kappa shape index (κ2) is 6.80. The lowest BCUT2D eigenvalue weighted by atomic mass is 10.1. The van der Waals surface area contributed by atoms with Gasteiger partial charge in [0, 0.05) is 24.2 Å². The van der Waals surface area contributed by atoms with Gasteiger partial charge in [-0.2, -0.15) is 18.3 Å². The number of amides is 1. The highest BCUT2D eigenvalue weighted by Gasteiger charge is 2.35. The van der Waals surface area contributed by atoms with Crippen molar-refractivity contribution in [1.82, 2.24) is 15.2 Å². The SMILES string of the molecule is CC(C)CCc1cc(NC(=O)c2ccncc2C(F)(F)F)n[nH]1. The van der Waals surface area contributed by atoms with E-state index in [0.717, 1.165) is 30.8 Å². The molecule has 0 fully saturated rings. The number of carbonyl (C=O) groups is 1. The van der Waals surface area contributed by atoms with Crippen molar-refractivity contribution in [2.75, 3.05) is 5.32 Å². The number of nitrogens with zero attached hydrogens (tertiary/aromatic N) is 2. The van der Waals surface area contributed by atoms with Gasteiger partial charge in [0.1, 0.15) is 0 Å². The lowest BCUT2D eigenvalue weighted by Gasteiger charge is -2.11. The maximum atomic E-state index is 12.9. The number of nitrogens with one attached hydrogen (secondary N) is 2. The second-order valence-electron chi connectivity index (χ2n) is 5.58. The molecular formula is C15H17F3N4O. The van der Waals surface area contributed by atoms with Gasteiger partial charge < -0.3 is 5.32 Å². The maximum Gasteiger partial charge on any atom is 0.418 e. The normalized spacial score (nSPS) is 11.7. The number of H-pyrrole nitrogens is 1. The van der Waals surface area contributed by atoms with Gasteiger partial charge in [-0.15, -0.1) is 0 Å². The summed E-state index contributed by atoms with van der Waals surface area (Å²) in [7, 11) is 0. The molecule has 2 heterocycles. The molecule has 2 aromatic heterocycles. The van der Waals surface area contributed by atoms with Gasteiger partial charge in [-0.25, -0.2) is 0 Å². The Morgan fingerprint density at radius 2 is 2.13 bits per heavy atom. The molecule has 8 heteroatoms. The van der Waals surface area contributed by atoms with Gasteiger partial charge in [-0.05, 0) is 24.8 Å². The highest BCUT2D eigenvalue weighted by atomic mass is 19.4. The molecule has 0 saturated carbocycles. The van der Waals surface area contributed by atoms with Crippen LogP contribution >= 0.6 is 0 Å². The van der Waals surface area contributed by atoms with Gasteiger partial charge in [-0.1, -0.05) is 13.8 Å². The van der Waals surface area contributed by atoms with Crippen LogP contribution in [-0.4, -0.2) is 21.1 Å². The molecule has 124 valence electrons. The number of hydrogen-bond acceptors (Lipinski definition) is 3. The van der Waals surface area contributed by atoms with Crippen LogP contribution in [0.4, 0.5) is 19.0 Å². The van der Waals surface area contributed by atoms with E-state index in [4.69, 9.17) is 0 Å². The van der Waals surface area contributed by atoms with Crippen LogP contribution in [0.5, 0.6) is 0 Å². The molecule has 0 aliphatic rings. The summed E-state index contributed by atoms with van der Waals surface area (Å²) < 4.78 is 38.7. The fourth-order valence-corrected chi connectivity index (χ4v) is 2.00. The molecule has 0 aliphatic heterocycles. The summed E-state index contributed by atoms with van der Waals surface area (Å²) in [5, 5.41) is 9.03. The molecule has 0 saturated heterocycles. The van der Waals surface area contributed by atoms with Crippen molar-refractivity contribution in [2.24, 2.45) is 5.92 Å². The first-order chi connectivity index (χ1) is 10.8. The Bertz CT molecular complexity index is 679. The van der Waals surface area contributed by atoms with Crippen LogP contribution < -0.4 is 5.32 Å². The number of aromatic amines is 1. The molecule has 0 unspecified atom stereocenters. The molecule has 2 rings (SSSR count). The largest absolute Gasteiger partial charge is 0.418 e. The van der Waals surface area contributed by atoms with E-state index in [1.807, 2.05) is 0 Å². The molecule has 1 amide bonds. The van der Waals surface area contributed by atoms with Gasteiger partial charge in [0.05, 0.1) is 11.1 Å². The zero-order chi connectivity index (χ0) is 17.0. The molecule has 2 N–H and O–H groups in total. The van der Waals surface area contributed by atoms with Gasteiger partial charge >= 0.3 is 6.18 Å². The van der Waals surface area contributed by atoms with Crippen molar-refractivity contribution in [3.8, 4) is 0 Å². The zero-order valence-corrected chi connectivity index (χ0v) is 12.7. The number of aryl methyl sites for hydroxylation is 1. The molecule has 0 spiro atoms. The zero-order valence-electron chi connectivity index (χ0n) is 12.7. The minimum absolute atomic E-state index is 0.193. The highest BCUT2D eigenvalue weighted by molar-refractivity contribution is 6.04. The van der Waals surface area contributed by atoms with Crippen molar-refractivity contribution >= 4 is 11.7 Å². The third-order valence-corrected chi connectivity index (χ3v) is 3.23. The molecule has 2 aromatic rings. The number of alkyl halides is 3. The van der Waals surface area contributed by atoms with Crippen LogP contribution in [0.25, 0.3) is 0 Å². The number of pyridine rings is 1. The average Bonchev–Trinajstić information content (AvgIpc) is 2.92. The molecular weight excluding hydrogens is 309 g/mol. The summed E-state index contributed by atoms with van der Waals surface area (Å²) in [6.07, 6.45) is -1.17. The number of carbonyl (C=O) groups excluding carboxylic acids is 1. The number of anilines is 1. The Labute approximate surface area is 131 Å². The van der Waals surface area contributed by atoms with E-state index < -0.39 is 23.2 Å². The second-order valence-corrected chi connectivity index (χ2v) is 5.58. The standard InChI is InChI=1S/C15H17F3N4O/c1-9(2)3-4-10-7-13(22-21-10)20-14(23)11-5-6-19-8-12(11)15(16,17)18/h5-9H,3-4H2,1-2H3,(H2,20,21,22,23). The van der Waals surface area contributed by atoms with Crippen LogP contribution in [0, 0.1) is 5.92 Å². The van der Waals surface area contributed by atoms with Crippen LogP contribution in [0.1, 0.15) is 41.9 Å². The first-order valence-electron chi connectivity index (χ1n) is 7.14. The monoisotopic (exact) mass is 326 g/mol. The summed E-state index contributed by atoms with van der Waals surface area (Å²) in [5.41, 5.74) is -0.743. The van der Waals surface area contributed by atoms with Crippen LogP contribution in [0.3, 0.4) is 0 Å². The Morgan fingerprint density at radius 3 is 2.78 bits per heavy atom. The summed E-state index contributed by atoms with van der Waals surface area (Å²) in [6.45, 7) is 4.17. The Balaban J connectivity index is 2.11. The van der Waals surface area contributed by atoms with Crippen molar-refractivity contribution < 1.29 is 18.0 Å². The number of rotatable bonds is 5. The lowest BCUT2D eigenvalue weighted by molar-refractivity contribution is -0.138. The van der Waals surface area contributed by atoms with Crippen LogP contribution in [-0.2, 0) is 12.6 Å². The Kier molecular flexibility index (Phi) is 5.02. The average molecular weight is 326 g/mol. The number of hydrogen-bond donors (Lipinski definition) is 2. The predicted molar refractivity (Wildman–Crippen MR) is 78.9 cm³/mol. The number of aromatic nitrogens is 3. The first-order valence-corrected chi connectivity index (χ1v) is 7.14.